The van der Waals surface area contributed by atoms with Crippen molar-refractivity contribution in [1.29, 1.82) is 0 Å². The summed E-state index contributed by atoms with van der Waals surface area (Å²) < 4.78 is 69.3. The monoisotopic (exact) mass is 830 g/mol. The number of phenolic OH excluding ortho intramolecular Hbond substituents is 2. The standard InChI is InChI=1S/C35H26N8O13S2/c36-21-5-1-15-9-17(33(46)47)11-25(44)29(15)31(21)42-40-19-3-7-23(27(13-19)57(51,52)53)38-35(50)39-24-8-4-20(14-28(24)58(54,55)56)41-43-32-22(37)6-2-16-10-18(34(48)49)12-26(45)30(16)32/h1-14,44-45H,36-37H2,(H,46,47)(H,48,49)(H2,38,39,50)(H,51,52,53)(H,54,55,56). The first-order valence-electron chi connectivity index (χ1n) is 15.9. The molecule has 2 amide bonds. The Morgan fingerprint density at radius 2 is 0.914 bits per heavy atom. The molecule has 0 aliphatic rings. The van der Waals surface area contributed by atoms with Gasteiger partial charge in [0.15, 0.2) is 0 Å². The van der Waals surface area contributed by atoms with E-state index >= 15 is 0 Å². The summed E-state index contributed by atoms with van der Waals surface area (Å²) in [5.41, 5.74) is 9.96. The molecular formula is C35H26N8O13S2. The number of aromatic hydroxyl groups is 2. The third-order valence-corrected chi connectivity index (χ3v) is 10.00. The Labute approximate surface area is 325 Å². The van der Waals surface area contributed by atoms with Crippen LogP contribution in [0.5, 0.6) is 11.5 Å². The molecule has 0 spiro atoms. The van der Waals surface area contributed by atoms with E-state index in [-0.39, 0.29) is 66.8 Å². The van der Waals surface area contributed by atoms with Crippen LogP contribution < -0.4 is 22.1 Å². The zero-order chi connectivity index (χ0) is 42.3. The minimum absolute atomic E-state index is 0.00682. The molecule has 58 heavy (non-hydrogen) atoms. The van der Waals surface area contributed by atoms with E-state index < -0.39 is 70.9 Å². The Balaban J connectivity index is 1.27. The average Bonchev–Trinajstić information content (AvgIpc) is 3.14. The number of carboxylic acid groups (broad SMARTS) is 2. The fourth-order valence-corrected chi connectivity index (χ4v) is 6.95. The Morgan fingerprint density at radius 3 is 1.26 bits per heavy atom. The second-order valence-electron chi connectivity index (χ2n) is 12.1. The highest BCUT2D eigenvalue weighted by Crippen LogP contribution is 2.41. The number of urea groups is 1. The van der Waals surface area contributed by atoms with Crippen LogP contribution in [0.1, 0.15) is 20.7 Å². The number of nitrogens with two attached hydrogens (primary N) is 2. The van der Waals surface area contributed by atoms with Gasteiger partial charge in [0.2, 0.25) is 0 Å². The largest absolute Gasteiger partial charge is 0.507 e. The Kier molecular flexibility index (Phi) is 10.4. The van der Waals surface area contributed by atoms with Gasteiger partial charge in [-0.2, -0.15) is 27.1 Å². The molecule has 0 heterocycles. The molecule has 12 N–H and O–H groups in total. The van der Waals surface area contributed by atoms with Crippen molar-refractivity contribution >= 4 is 105 Å². The van der Waals surface area contributed by atoms with Gasteiger partial charge in [-0.3, -0.25) is 9.11 Å². The molecule has 6 aromatic rings. The van der Waals surface area contributed by atoms with Crippen molar-refractivity contribution in [3.8, 4) is 11.5 Å². The normalized spacial score (nSPS) is 12.0. The third-order valence-electron chi connectivity index (χ3n) is 8.21. The van der Waals surface area contributed by atoms with Crippen molar-refractivity contribution in [1.82, 2.24) is 0 Å². The van der Waals surface area contributed by atoms with Gasteiger partial charge in [-0.25, -0.2) is 14.4 Å². The number of azo groups is 2. The number of nitrogen functional groups attached to an aromatic ring is 2. The van der Waals surface area contributed by atoms with Gasteiger partial charge in [0.1, 0.15) is 32.7 Å². The first-order valence-corrected chi connectivity index (χ1v) is 18.8. The number of aromatic carboxylic acids is 2. The Hall–Kier alpha value is -7.73. The zero-order valence-corrected chi connectivity index (χ0v) is 30.5. The summed E-state index contributed by atoms with van der Waals surface area (Å²) in [4.78, 5) is 34.1. The molecule has 0 saturated heterocycles. The van der Waals surface area contributed by atoms with Crippen molar-refractivity contribution in [2.45, 2.75) is 9.79 Å². The third kappa shape index (κ3) is 8.26. The van der Waals surface area contributed by atoms with Gasteiger partial charge in [-0.15, -0.1) is 10.2 Å². The molecule has 6 aromatic carbocycles. The lowest BCUT2D eigenvalue weighted by Gasteiger charge is -2.13. The highest BCUT2D eigenvalue weighted by atomic mass is 32.2. The quantitative estimate of drug-likeness (QED) is 0.0380. The first kappa shape index (κ1) is 39.9. The summed E-state index contributed by atoms with van der Waals surface area (Å²) in [5, 5.41) is 60.4. The minimum Gasteiger partial charge on any atom is -0.507 e. The van der Waals surface area contributed by atoms with Gasteiger partial charge >= 0.3 is 18.0 Å². The van der Waals surface area contributed by atoms with Crippen LogP contribution >= 0.6 is 0 Å². The van der Waals surface area contributed by atoms with E-state index in [1.165, 1.54) is 36.4 Å². The van der Waals surface area contributed by atoms with Crippen LogP contribution in [-0.2, 0) is 20.2 Å². The first-order chi connectivity index (χ1) is 27.2. The number of hydrogen-bond donors (Lipinski definition) is 10. The molecule has 0 bridgehead atoms. The number of amides is 2. The highest BCUT2D eigenvalue weighted by molar-refractivity contribution is 7.86. The lowest BCUT2D eigenvalue weighted by atomic mass is 10.0. The summed E-state index contributed by atoms with van der Waals surface area (Å²) in [6.07, 6.45) is 0. The van der Waals surface area contributed by atoms with Crippen molar-refractivity contribution in [3.05, 3.63) is 96.1 Å². The number of benzene rings is 6. The van der Waals surface area contributed by atoms with Crippen molar-refractivity contribution < 1.29 is 60.8 Å². The second kappa shape index (κ2) is 15.1. The predicted octanol–water partition coefficient (Wildman–Crippen LogP) is 6.93. The zero-order valence-electron chi connectivity index (χ0n) is 28.9. The van der Waals surface area contributed by atoms with E-state index in [9.17, 15) is 60.8 Å². The van der Waals surface area contributed by atoms with Crippen LogP contribution in [0.3, 0.4) is 0 Å². The minimum atomic E-state index is -5.09. The lowest BCUT2D eigenvalue weighted by Crippen LogP contribution is -2.22. The molecule has 0 radical (unpaired) electrons. The molecule has 23 heteroatoms. The summed E-state index contributed by atoms with van der Waals surface area (Å²) in [7, 11) is -10.2. The van der Waals surface area contributed by atoms with Gasteiger partial charge in [0, 0.05) is 0 Å². The number of hydrogen-bond acceptors (Lipinski definition) is 15. The molecule has 0 atom stereocenters. The van der Waals surface area contributed by atoms with Crippen LogP contribution in [0.25, 0.3) is 21.5 Å². The van der Waals surface area contributed by atoms with E-state index in [1.807, 2.05) is 0 Å². The van der Waals surface area contributed by atoms with Gasteiger partial charge in [0.25, 0.3) is 20.2 Å². The second-order valence-corrected chi connectivity index (χ2v) is 14.9. The van der Waals surface area contributed by atoms with Gasteiger partial charge in [0.05, 0.1) is 56.0 Å². The number of phenols is 2. The van der Waals surface area contributed by atoms with E-state index in [4.69, 9.17) is 11.5 Å². The summed E-state index contributed by atoms with van der Waals surface area (Å²) in [5.74, 6) is -3.58. The smallest absolute Gasteiger partial charge is 0.335 e. The van der Waals surface area contributed by atoms with Crippen LogP contribution in [0, 0.1) is 0 Å². The molecule has 0 saturated carbocycles. The molecular weight excluding hydrogens is 805 g/mol. The average molecular weight is 831 g/mol. The fourth-order valence-electron chi connectivity index (χ4n) is 5.62. The van der Waals surface area contributed by atoms with Crippen LogP contribution in [0.4, 0.5) is 50.3 Å². The summed E-state index contributed by atoms with van der Waals surface area (Å²) in [6.45, 7) is 0. The molecule has 0 unspecified atom stereocenters. The number of carbonyl (C=O) groups is 3. The SMILES string of the molecule is Nc1ccc2cc(C(=O)O)cc(O)c2c1N=Nc1ccc(NC(=O)Nc2ccc(N=Nc3c(N)ccc4cc(C(=O)O)cc(O)c34)cc2S(=O)(=O)O)c(S(=O)(=O)O)c1. The molecule has 0 aliphatic heterocycles. The van der Waals surface area contributed by atoms with E-state index in [0.717, 1.165) is 48.5 Å². The van der Waals surface area contributed by atoms with E-state index in [2.05, 4.69) is 31.1 Å². The molecule has 296 valence electrons. The predicted molar refractivity (Wildman–Crippen MR) is 207 cm³/mol. The number of carbonyl (C=O) groups excluding carboxylic acids is 1. The Morgan fingerprint density at radius 1 is 0.534 bits per heavy atom. The maximum absolute atomic E-state index is 13.0. The molecule has 21 nitrogen and oxygen atoms in total. The number of carboxylic acids is 2. The number of fused-ring (bicyclic) bond motifs is 2. The molecule has 0 aromatic heterocycles. The van der Waals surface area contributed by atoms with Crippen molar-refractivity contribution in [2.24, 2.45) is 20.5 Å². The van der Waals surface area contributed by atoms with E-state index in [1.54, 1.807) is 0 Å². The van der Waals surface area contributed by atoms with Gasteiger partial charge in [-0.1, -0.05) is 12.1 Å². The molecule has 0 aliphatic carbocycles. The molecule has 6 rings (SSSR count). The van der Waals surface area contributed by atoms with Gasteiger partial charge < -0.3 is 42.5 Å². The summed E-state index contributed by atoms with van der Waals surface area (Å²) >= 11 is 0. The maximum atomic E-state index is 13.0. The highest BCUT2D eigenvalue weighted by Gasteiger charge is 2.22. The number of rotatable bonds is 10. The van der Waals surface area contributed by atoms with Crippen LogP contribution in [0.2, 0.25) is 0 Å². The van der Waals surface area contributed by atoms with Crippen LogP contribution in [-0.4, -0.2) is 64.3 Å². The number of nitrogens with zero attached hydrogens (tertiary/aromatic N) is 4. The Bertz CT molecular complexity index is 2840. The van der Waals surface area contributed by atoms with E-state index in [0.29, 0.717) is 0 Å². The number of nitrogens with one attached hydrogen (secondary N) is 2. The fraction of sp³-hybridized carbons (Fsp3) is 0. The topological polar surface area (TPSA) is 366 Å². The number of anilines is 4. The molecule has 0 fully saturated rings. The van der Waals surface area contributed by atoms with Crippen molar-refractivity contribution in [3.63, 3.8) is 0 Å². The van der Waals surface area contributed by atoms with Crippen molar-refractivity contribution in [2.75, 3.05) is 22.1 Å². The maximum Gasteiger partial charge on any atom is 0.335 e. The lowest BCUT2D eigenvalue weighted by molar-refractivity contribution is 0.0686. The van der Waals surface area contributed by atoms with Crippen LogP contribution in [0.15, 0.2) is 115 Å². The summed E-state index contributed by atoms with van der Waals surface area (Å²) in [6, 6.07) is 14.8. The van der Waals surface area contributed by atoms with Gasteiger partial charge in [-0.05, 0) is 83.6 Å².